The van der Waals surface area contributed by atoms with Crippen LogP contribution in [0.3, 0.4) is 0 Å². The summed E-state index contributed by atoms with van der Waals surface area (Å²) >= 11 is 1.84. The Kier molecular flexibility index (Phi) is 3.69. The first kappa shape index (κ1) is 14.4. The number of carbonyl (C=O) groups is 1. The summed E-state index contributed by atoms with van der Waals surface area (Å²) in [5.41, 5.74) is 0. The zero-order valence-corrected chi connectivity index (χ0v) is 13.6. The van der Waals surface area contributed by atoms with Crippen LogP contribution >= 0.6 is 11.8 Å². The van der Waals surface area contributed by atoms with E-state index in [1.807, 2.05) is 23.7 Å². The SMILES string of the molecule is Cn1ccnc1C(=O)N1CCN(C2=NCC(C)(C)S2)CC1. The molecule has 3 rings (SSSR count). The third-order valence-electron chi connectivity index (χ3n) is 3.81. The van der Waals surface area contributed by atoms with Crippen molar-refractivity contribution >= 4 is 22.8 Å². The molecule has 2 aliphatic heterocycles. The van der Waals surface area contributed by atoms with Gasteiger partial charge in [-0.3, -0.25) is 9.79 Å². The molecule has 0 spiro atoms. The number of rotatable bonds is 1. The zero-order valence-electron chi connectivity index (χ0n) is 12.7. The number of amides is 1. The minimum Gasteiger partial charge on any atom is -0.348 e. The number of imidazole rings is 1. The highest BCUT2D eigenvalue weighted by Crippen LogP contribution is 2.33. The lowest BCUT2D eigenvalue weighted by molar-refractivity contribution is 0.0677. The van der Waals surface area contributed by atoms with Gasteiger partial charge in [-0.2, -0.15) is 0 Å². The fourth-order valence-corrected chi connectivity index (χ4v) is 3.61. The van der Waals surface area contributed by atoms with Gasteiger partial charge >= 0.3 is 0 Å². The van der Waals surface area contributed by atoms with Crippen LogP contribution in [-0.2, 0) is 7.05 Å². The Hall–Kier alpha value is -1.50. The summed E-state index contributed by atoms with van der Waals surface area (Å²) in [7, 11) is 1.85. The highest BCUT2D eigenvalue weighted by molar-refractivity contribution is 8.15. The Labute approximate surface area is 129 Å². The number of aromatic nitrogens is 2. The highest BCUT2D eigenvalue weighted by Gasteiger charge is 2.32. The van der Waals surface area contributed by atoms with Crippen molar-refractivity contribution in [1.29, 1.82) is 0 Å². The van der Waals surface area contributed by atoms with Crippen LogP contribution in [0.4, 0.5) is 0 Å². The lowest BCUT2D eigenvalue weighted by atomic mass is 10.2. The van der Waals surface area contributed by atoms with E-state index in [9.17, 15) is 4.79 Å². The summed E-state index contributed by atoms with van der Waals surface area (Å²) in [6.07, 6.45) is 3.46. The minimum atomic E-state index is 0.0171. The van der Waals surface area contributed by atoms with E-state index >= 15 is 0 Å². The molecule has 2 aliphatic rings. The van der Waals surface area contributed by atoms with Gasteiger partial charge in [0.25, 0.3) is 5.91 Å². The summed E-state index contributed by atoms with van der Waals surface area (Å²) in [5.74, 6) is 0.528. The molecule has 0 saturated carbocycles. The molecule has 6 nitrogen and oxygen atoms in total. The zero-order chi connectivity index (χ0) is 15.0. The largest absolute Gasteiger partial charge is 0.348 e. The van der Waals surface area contributed by atoms with Crippen molar-refractivity contribution in [2.24, 2.45) is 12.0 Å². The Morgan fingerprint density at radius 3 is 2.52 bits per heavy atom. The quantitative estimate of drug-likeness (QED) is 0.778. The topological polar surface area (TPSA) is 53.7 Å². The van der Waals surface area contributed by atoms with Crippen LogP contribution < -0.4 is 0 Å². The molecule has 1 fully saturated rings. The standard InChI is InChI=1S/C14H21N5OS/c1-14(2)10-16-13(21-14)19-8-6-18(7-9-19)12(20)11-15-4-5-17(11)3/h4-5H,6-10H2,1-3H3. The molecule has 0 unspecified atom stereocenters. The number of piperazine rings is 1. The van der Waals surface area contributed by atoms with Crippen LogP contribution in [0.1, 0.15) is 24.5 Å². The predicted octanol–water partition coefficient (Wildman–Crippen LogP) is 1.06. The molecule has 1 aromatic rings. The van der Waals surface area contributed by atoms with Crippen LogP contribution in [0.5, 0.6) is 0 Å². The van der Waals surface area contributed by atoms with E-state index in [4.69, 9.17) is 0 Å². The fraction of sp³-hybridized carbons (Fsp3) is 0.643. The monoisotopic (exact) mass is 307 g/mol. The molecule has 0 N–H and O–H groups in total. The number of hydrogen-bond donors (Lipinski definition) is 0. The molecule has 0 radical (unpaired) electrons. The Bertz CT molecular complexity index is 572. The second-order valence-corrected chi connectivity index (χ2v) is 7.78. The van der Waals surface area contributed by atoms with Gasteiger partial charge in [-0.1, -0.05) is 11.8 Å². The van der Waals surface area contributed by atoms with Crippen molar-refractivity contribution in [1.82, 2.24) is 19.4 Å². The normalized spacial score (nSPS) is 21.6. The second-order valence-electron chi connectivity index (χ2n) is 6.10. The lowest BCUT2D eigenvalue weighted by Crippen LogP contribution is -2.50. The van der Waals surface area contributed by atoms with Crippen molar-refractivity contribution in [3.8, 4) is 0 Å². The maximum atomic E-state index is 12.4. The molecule has 1 amide bonds. The molecule has 0 aromatic carbocycles. The molecular formula is C14H21N5OS. The maximum absolute atomic E-state index is 12.4. The molecule has 0 bridgehead atoms. The van der Waals surface area contributed by atoms with Crippen molar-refractivity contribution in [3.63, 3.8) is 0 Å². The van der Waals surface area contributed by atoms with Gasteiger partial charge in [-0.05, 0) is 13.8 Å². The van der Waals surface area contributed by atoms with Crippen molar-refractivity contribution in [3.05, 3.63) is 18.2 Å². The number of hydrogen-bond acceptors (Lipinski definition) is 5. The number of thioether (sulfide) groups is 1. The van der Waals surface area contributed by atoms with Gasteiger partial charge in [0.2, 0.25) is 0 Å². The summed E-state index contributed by atoms with van der Waals surface area (Å²) in [5, 5.41) is 1.13. The molecule has 0 atom stereocenters. The molecule has 114 valence electrons. The summed E-state index contributed by atoms with van der Waals surface area (Å²) in [6.45, 7) is 8.46. The van der Waals surface area contributed by atoms with Crippen LogP contribution in [0.15, 0.2) is 17.4 Å². The summed E-state index contributed by atoms with van der Waals surface area (Å²) in [4.78, 5) is 25.3. The van der Waals surface area contributed by atoms with Gasteiger partial charge in [-0.15, -0.1) is 0 Å². The third kappa shape index (κ3) is 2.92. The van der Waals surface area contributed by atoms with Gasteiger partial charge in [0, 0.05) is 50.4 Å². The molecule has 1 saturated heterocycles. The highest BCUT2D eigenvalue weighted by atomic mass is 32.2. The van der Waals surface area contributed by atoms with Gasteiger partial charge in [-0.25, -0.2) is 4.98 Å². The number of aryl methyl sites for hydroxylation is 1. The molecule has 0 aliphatic carbocycles. The first-order valence-corrected chi connectivity index (χ1v) is 8.03. The van der Waals surface area contributed by atoms with Crippen LogP contribution in [0.25, 0.3) is 0 Å². The van der Waals surface area contributed by atoms with Crippen LogP contribution in [-0.4, -0.2) is 67.9 Å². The van der Waals surface area contributed by atoms with E-state index in [1.54, 1.807) is 17.0 Å². The smallest absolute Gasteiger partial charge is 0.289 e. The van der Waals surface area contributed by atoms with Crippen LogP contribution in [0, 0.1) is 0 Å². The Morgan fingerprint density at radius 1 is 1.29 bits per heavy atom. The fourth-order valence-electron chi connectivity index (χ4n) is 2.55. The van der Waals surface area contributed by atoms with Crippen molar-refractivity contribution in [2.75, 3.05) is 32.7 Å². The Balaban J connectivity index is 1.59. The van der Waals surface area contributed by atoms with Gasteiger partial charge in [0.1, 0.15) is 0 Å². The van der Waals surface area contributed by atoms with E-state index in [0.29, 0.717) is 5.82 Å². The average molecular weight is 307 g/mol. The first-order chi connectivity index (χ1) is 9.96. The van der Waals surface area contributed by atoms with E-state index in [-0.39, 0.29) is 10.7 Å². The van der Waals surface area contributed by atoms with E-state index in [0.717, 1.165) is 37.9 Å². The summed E-state index contributed by atoms with van der Waals surface area (Å²) < 4.78 is 1.98. The molecule has 21 heavy (non-hydrogen) atoms. The molecule has 3 heterocycles. The predicted molar refractivity (Wildman–Crippen MR) is 84.7 cm³/mol. The van der Waals surface area contributed by atoms with Gasteiger partial charge < -0.3 is 14.4 Å². The molecule has 7 heteroatoms. The Morgan fingerprint density at radius 2 is 2.00 bits per heavy atom. The number of nitrogens with zero attached hydrogens (tertiary/aromatic N) is 5. The van der Waals surface area contributed by atoms with Gasteiger partial charge in [0.05, 0.1) is 6.54 Å². The number of aliphatic imine (C=N–C) groups is 1. The van der Waals surface area contributed by atoms with Crippen LogP contribution in [0.2, 0.25) is 0 Å². The van der Waals surface area contributed by atoms with Crippen molar-refractivity contribution in [2.45, 2.75) is 18.6 Å². The minimum absolute atomic E-state index is 0.0171. The number of amidine groups is 1. The molecule has 1 aromatic heterocycles. The average Bonchev–Trinajstić information content (AvgIpc) is 3.04. The molecular weight excluding hydrogens is 286 g/mol. The lowest BCUT2D eigenvalue weighted by Gasteiger charge is -2.35. The second kappa shape index (κ2) is 5.36. The first-order valence-electron chi connectivity index (χ1n) is 7.21. The number of carbonyl (C=O) groups excluding carboxylic acids is 1. The van der Waals surface area contributed by atoms with Crippen molar-refractivity contribution < 1.29 is 4.79 Å². The van der Waals surface area contributed by atoms with E-state index < -0.39 is 0 Å². The summed E-state index contributed by atoms with van der Waals surface area (Å²) in [6, 6.07) is 0. The van der Waals surface area contributed by atoms with Gasteiger partial charge in [0.15, 0.2) is 11.0 Å². The third-order valence-corrected chi connectivity index (χ3v) is 5.06. The maximum Gasteiger partial charge on any atom is 0.289 e. The van der Waals surface area contributed by atoms with E-state index in [2.05, 4.69) is 28.7 Å². The van der Waals surface area contributed by atoms with E-state index in [1.165, 1.54) is 0 Å².